The average Bonchev–Trinajstić information content (AvgIpc) is 3.31. The van der Waals surface area contributed by atoms with E-state index in [0.717, 1.165) is 9.77 Å². The molecule has 1 aliphatic heterocycles. The first-order chi connectivity index (χ1) is 13.6. The van der Waals surface area contributed by atoms with E-state index < -0.39 is 0 Å². The molecule has 0 saturated carbocycles. The van der Waals surface area contributed by atoms with Crippen LogP contribution in [0.15, 0.2) is 75.8 Å². The normalized spacial score (nSPS) is 14.1. The second-order valence-corrected chi connectivity index (χ2v) is 8.35. The van der Waals surface area contributed by atoms with Gasteiger partial charge in [-0.15, -0.1) is 11.3 Å². The second-order valence-electron chi connectivity index (χ2n) is 5.88. The summed E-state index contributed by atoms with van der Waals surface area (Å²) >= 11 is 8.67. The summed E-state index contributed by atoms with van der Waals surface area (Å²) < 4.78 is 5.16. The molecule has 7 heteroatoms. The Balaban J connectivity index is 1.75. The van der Waals surface area contributed by atoms with E-state index in [0.29, 0.717) is 26.9 Å². The van der Waals surface area contributed by atoms with E-state index in [-0.39, 0.29) is 11.8 Å². The lowest BCUT2D eigenvalue weighted by Crippen LogP contribution is -2.31. The maximum atomic E-state index is 13.2. The number of thiophene rings is 1. The van der Waals surface area contributed by atoms with Gasteiger partial charge in [0, 0.05) is 14.8 Å². The van der Waals surface area contributed by atoms with Gasteiger partial charge < -0.3 is 4.74 Å². The van der Waals surface area contributed by atoms with Crippen molar-refractivity contribution in [1.29, 1.82) is 0 Å². The maximum Gasteiger partial charge on any atom is 0.272 e. The second kappa shape index (κ2) is 7.83. The fourth-order valence-electron chi connectivity index (χ4n) is 2.83. The van der Waals surface area contributed by atoms with E-state index in [9.17, 15) is 9.59 Å². The molecular weight excluding hydrogens is 414 g/mol. The van der Waals surface area contributed by atoms with Crippen molar-refractivity contribution >= 4 is 57.8 Å². The van der Waals surface area contributed by atoms with Gasteiger partial charge >= 0.3 is 0 Å². The molecule has 2 amide bonds. The Morgan fingerprint density at radius 1 is 0.964 bits per heavy atom. The van der Waals surface area contributed by atoms with Crippen molar-refractivity contribution in [3.63, 3.8) is 0 Å². The number of carbonyl (C=O) groups excluding carboxylic acids is 2. The lowest BCUT2D eigenvalue weighted by Gasteiger charge is -2.15. The van der Waals surface area contributed by atoms with E-state index in [2.05, 4.69) is 0 Å². The van der Waals surface area contributed by atoms with Gasteiger partial charge in [-0.3, -0.25) is 9.59 Å². The zero-order chi connectivity index (χ0) is 19.7. The molecule has 2 aromatic carbocycles. The Morgan fingerprint density at radius 3 is 2.29 bits per heavy atom. The summed E-state index contributed by atoms with van der Waals surface area (Å²) in [6.07, 6.45) is 0. The fraction of sp³-hybridized carbons (Fsp3) is 0.0476. The fourth-order valence-corrected chi connectivity index (χ4v) is 4.77. The predicted molar refractivity (Wildman–Crippen MR) is 114 cm³/mol. The number of benzene rings is 2. The first kappa shape index (κ1) is 18.8. The number of imide groups is 1. The van der Waals surface area contributed by atoms with Crippen molar-refractivity contribution in [1.82, 2.24) is 0 Å². The summed E-state index contributed by atoms with van der Waals surface area (Å²) in [6.45, 7) is 0. The lowest BCUT2D eigenvalue weighted by atomic mass is 10.2. The summed E-state index contributed by atoms with van der Waals surface area (Å²) in [5, 5.41) is 2.51. The highest BCUT2D eigenvalue weighted by Crippen LogP contribution is 2.42. The summed E-state index contributed by atoms with van der Waals surface area (Å²) in [5.74, 6) is -0.00218. The van der Waals surface area contributed by atoms with Gasteiger partial charge in [-0.2, -0.15) is 0 Å². The Morgan fingerprint density at radius 2 is 1.68 bits per heavy atom. The minimum Gasteiger partial charge on any atom is -0.497 e. The topological polar surface area (TPSA) is 46.6 Å². The zero-order valence-corrected chi connectivity index (χ0v) is 17.1. The van der Waals surface area contributed by atoms with Gasteiger partial charge in [0.1, 0.15) is 5.75 Å². The average molecular weight is 428 g/mol. The van der Waals surface area contributed by atoms with Crippen LogP contribution in [0.4, 0.5) is 5.69 Å². The predicted octanol–water partition coefficient (Wildman–Crippen LogP) is 5.49. The van der Waals surface area contributed by atoms with Gasteiger partial charge in [0.2, 0.25) is 0 Å². The van der Waals surface area contributed by atoms with Gasteiger partial charge in [-0.25, -0.2) is 4.90 Å². The SMILES string of the molecule is COc1ccc(N2C(=O)C(Sc3ccc(Cl)cc3)=C(c3cccs3)C2=O)cc1. The molecule has 0 bridgehead atoms. The van der Waals surface area contributed by atoms with Crippen molar-refractivity contribution in [2.24, 2.45) is 0 Å². The molecule has 3 aromatic rings. The number of anilines is 1. The van der Waals surface area contributed by atoms with E-state index in [1.165, 1.54) is 28.0 Å². The lowest BCUT2D eigenvalue weighted by molar-refractivity contribution is -0.119. The molecular formula is C21H14ClNO3S2. The highest BCUT2D eigenvalue weighted by molar-refractivity contribution is 8.04. The Labute approximate surface area is 175 Å². The van der Waals surface area contributed by atoms with Gasteiger partial charge in [0.05, 0.1) is 23.3 Å². The molecule has 1 aliphatic rings. The minimum atomic E-state index is -0.335. The molecule has 0 unspecified atom stereocenters. The van der Waals surface area contributed by atoms with Crippen LogP contribution in [0.25, 0.3) is 5.57 Å². The van der Waals surface area contributed by atoms with Gasteiger partial charge in [-0.05, 0) is 60.0 Å². The van der Waals surface area contributed by atoms with Crippen LogP contribution in [0.1, 0.15) is 4.88 Å². The smallest absolute Gasteiger partial charge is 0.272 e. The standard InChI is InChI=1S/C21H14ClNO3S2/c1-26-15-8-6-14(7-9-15)23-20(24)18(17-3-2-12-27-17)19(21(23)25)28-16-10-4-13(22)5-11-16/h2-12H,1H3. The maximum absolute atomic E-state index is 13.2. The largest absolute Gasteiger partial charge is 0.497 e. The van der Waals surface area contributed by atoms with Crippen molar-refractivity contribution in [3.8, 4) is 5.75 Å². The molecule has 0 fully saturated rings. The van der Waals surface area contributed by atoms with Crippen LogP contribution >= 0.6 is 34.7 Å². The van der Waals surface area contributed by atoms with E-state index in [1.807, 2.05) is 29.6 Å². The number of halogens is 1. The van der Waals surface area contributed by atoms with Crippen LogP contribution in [0, 0.1) is 0 Å². The summed E-state index contributed by atoms with van der Waals surface area (Å²) in [4.78, 5) is 29.7. The number of rotatable bonds is 5. The molecule has 2 heterocycles. The van der Waals surface area contributed by atoms with E-state index in [4.69, 9.17) is 16.3 Å². The monoisotopic (exact) mass is 427 g/mol. The zero-order valence-electron chi connectivity index (χ0n) is 14.7. The van der Waals surface area contributed by atoms with Crippen LogP contribution in [0.2, 0.25) is 5.02 Å². The summed E-state index contributed by atoms with van der Waals surface area (Å²) in [5.41, 5.74) is 0.937. The number of ether oxygens (including phenoxy) is 1. The van der Waals surface area contributed by atoms with Crippen LogP contribution < -0.4 is 9.64 Å². The molecule has 140 valence electrons. The van der Waals surface area contributed by atoms with E-state index >= 15 is 0 Å². The molecule has 0 atom stereocenters. The number of methoxy groups -OCH3 is 1. The quantitative estimate of drug-likeness (QED) is 0.505. The number of amides is 2. The molecule has 0 radical (unpaired) electrons. The third-order valence-corrected chi connectivity index (χ3v) is 6.40. The first-order valence-corrected chi connectivity index (χ1v) is 10.4. The number of thioether (sulfide) groups is 1. The Bertz CT molecular complexity index is 1060. The molecule has 0 spiro atoms. The van der Waals surface area contributed by atoms with Gasteiger partial charge in [0.25, 0.3) is 11.8 Å². The molecule has 4 rings (SSSR count). The number of hydrogen-bond donors (Lipinski definition) is 0. The van der Waals surface area contributed by atoms with Crippen LogP contribution in [-0.4, -0.2) is 18.9 Å². The molecule has 28 heavy (non-hydrogen) atoms. The number of carbonyl (C=O) groups is 2. The van der Waals surface area contributed by atoms with Crippen LogP contribution in [-0.2, 0) is 9.59 Å². The molecule has 1 aromatic heterocycles. The van der Waals surface area contributed by atoms with Gasteiger partial charge in [0.15, 0.2) is 0 Å². The third kappa shape index (κ3) is 3.46. The highest BCUT2D eigenvalue weighted by atomic mass is 35.5. The molecule has 0 N–H and O–H groups in total. The Hall–Kier alpha value is -2.54. The molecule has 0 saturated heterocycles. The van der Waals surface area contributed by atoms with Crippen molar-refractivity contribution in [2.45, 2.75) is 4.90 Å². The highest BCUT2D eigenvalue weighted by Gasteiger charge is 2.40. The van der Waals surface area contributed by atoms with E-state index in [1.54, 1.807) is 43.5 Å². The first-order valence-electron chi connectivity index (χ1n) is 8.33. The Kier molecular flexibility index (Phi) is 5.26. The summed E-state index contributed by atoms with van der Waals surface area (Å²) in [6, 6.07) is 17.8. The number of nitrogens with zero attached hydrogens (tertiary/aromatic N) is 1. The minimum absolute atomic E-state index is 0.325. The third-order valence-electron chi connectivity index (χ3n) is 4.17. The van der Waals surface area contributed by atoms with Crippen molar-refractivity contribution in [3.05, 3.63) is 80.8 Å². The van der Waals surface area contributed by atoms with Gasteiger partial charge in [-0.1, -0.05) is 29.4 Å². The van der Waals surface area contributed by atoms with Crippen LogP contribution in [0.3, 0.4) is 0 Å². The van der Waals surface area contributed by atoms with Crippen LogP contribution in [0.5, 0.6) is 5.75 Å². The van der Waals surface area contributed by atoms with Crippen molar-refractivity contribution < 1.29 is 14.3 Å². The number of hydrogen-bond acceptors (Lipinski definition) is 5. The van der Waals surface area contributed by atoms with Crippen molar-refractivity contribution in [2.75, 3.05) is 12.0 Å². The molecule has 4 nitrogen and oxygen atoms in total. The summed E-state index contributed by atoms with van der Waals surface area (Å²) in [7, 11) is 1.57. The molecule has 0 aliphatic carbocycles.